The predicted octanol–water partition coefficient (Wildman–Crippen LogP) is 3.60. The highest BCUT2D eigenvalue weighted by Gasteiger charge is 2.23. The van der Waals surface area contributed by atoms with E-state index in [4.69, 9.17) is 0 Å². The molecule has 30 heavy (non-hydrogen) atoms. The van der Waals surface area contributed by atoms with Crippen LogP contribution in [0.15, 0.2) is 48.9 Å². The molecule has 0 aliphatic rings. The van der Waals surface area contributed by atoms with Crippen molar-refractivity contribution in [3.63, 3.8) is 0 Å². The van der Waals surface area contributed by atoms with Gasteiger partial charge in [-0.15, -0.1) is 0 Å². The van der Waals surface area contributed by atoms with E-state index in [1.807, 2.05) is 20.8 Å². The van der Waals surface area contributed by atoms with Crippen LogP contribution in [-0.4, -0.2) is 35.6 Å². The fourth-order valence-electron chi connectivity index (χ4n) is 2.98. The lowest BCUT2D eigenvalue weighted by molar-refractivity contribution is -0.384. The van der Waals surface area contributed by atoms with Gasteiger partial charge in [-0.1, -0.05) is 20.8 Å². The Morgan fingerprint density at radius 3 is 2.60 bits per heavy atom. The standard InChI is InChI=1S/C20H19N7O3/c1-20(2,3)16-10-17(26(25-16)19-21-7-4-8-22-19)24-18(28)14-11-23-15-6-5-12(27(29)30)9-13(14)15/h4-11,23H,1-3H3,(H,24,28). The Bertz CT molecular complexity index is 1250. The second-order valence-electron chi connectivity index (χ2n) is 7.77. The lowest BCUT2D eigenvalue weighted by Crippen LogP contribution is -2.16. The van der Waals surface area contributed by atoms with E-state index in [1.165, 1.54) is 23.0 Å². The summed E-state index contributed by atoms with van der Waals surface area (Å²) in [7, 11) is 0. The van der Waals surface area contributed by atoms with Crippen LogP contribution >= 0.6 is 0 Å². The van der Waals surface area contributed by atoms with Gasteiger partial charge < -0.3 is 10.3 Å². The number of rotatable bonds is 4. The summed E-state index contributed by atoms with van der Waals surface area (Å²) in [6.45, 7) is 6.03. The summed E-state index contributed by atoms with van der Waals surface area (Å²) < 4.78 is 1.47. The molecule has 1 amide bonds. The zero-order valence-electron chi connectivity index (χ0n) is 16.6. The molecular formula is C20H19N7O3. The molecule has 0 aliphatic heterocycles. The molecule has 152 valence electrons. The van der Waals surface area contributed by atoms with Crippen molar-refractivity contribution in [2.24, 2.45) is 0 Å². The molecule has 4 rings (SSSR count). The van der Waals surface area contributed by atoms with Gasteiger partial charge in [0.1, 0.15) is 5.82 Å². The van der Waals surface area contributed by atoms with Gasteiger partial charge >= 0.3 is 0 Å². The molecule has 0 spiro atoms. The summed E-state index contributed by atoms with van der Waals surface area (Å²) in [4.78, 5) is 35.0. The third-order valence-electron chi connectivity index (χ3n) is 4.58. The Kier molecular flexibility index (Phi) is 4.53. The molecule has 0 aliphatic carbocycles. The number of amides is 1. The quantitative estimate of drug-likeness (QED) is 0.394. The van der Waals surface area contributed by atoms with Crippen LogP contribution in [0.3, 0.4) is 0 Å². The molecule has 3 heterocycles. The molecule has 0 bridgehead atoms. The lowest BCUT2D eigenvalue weighted by Gasteiger charge is -2.13. The molecule has 0 saturated heterocycles. The molecule has 0 unspecified atom stereocenters. The number of nitro benzene ring substituents is 1. The average molecular weight is 405 g/mol. The topological polar surface area (TPSA) is 132 Å². The van der Waals surface area contributed by atoms with Gasteiger partial charge in [0.25, 0.3) is 17.5 Å². The van der Waals surface area contributed by atoms with Crippen LogP contribution in [0.5, 0.6) is 0 Å². The van der Waals surface area contributed by atoms with Gasteiger partial charge in [-0.2, -0.15) is 9.78 Å². The largest absolute Gasteiger partial charge is 0.360 e. The minimum atomic E-state index is -0.494. The van der Waals surface area contributed by atoms with Crippen molar-refractivity contribution in [3.05, 3.63) is 70.3 Å². The van der Waals surface area contributed by atoms with E-state index in [9.17, 15) is 14.9 Å². The van der Waals surface area contributed by atoms with Crippen LogP contribution in [-0.2, 0) is 5.41 Å². The Balaban J connectivity index is 1.75. The first kappa shape index (κ1) is 19.2. The number of aromatic amines is 1. The summed E-state index contributed by atoms with van der Waals surface area (Å²) in [6, 6.07) is 7.79. The van der Waals surface area contributed by atoms with E-state index in [2.05, 4.69) is 25.4 Å². The molecular weight excluding hydrogens is 386 g/mol. The monoisotopic (exact) mass is 405 g/mol. The number of hydrogen-bond acceptors (Lipinski definition) is 6. The Morgan fingerprint density at radius 2 is 1.93 bits per heavy atom. The van der Waals surface area contributed by atoms with Crippen LogP contribution in [0.25, 0.3) is 16.9 Å². The maximum Gasteiger partial charge on any atom is 0.270 e. The number of carbonyl (C=O) groups excluding carboxylic acids is 1. The summed E-state index contributed by atoms with van der Waals surface area (Å²) in [6.07, 6.45) is 4.70. The van der Waals surface area contributed by atoms with Crippen molar-refractivity contribution >= 4 is 28.3 Å². The third kappa shape index (κ3) is 3.50. The fraction of sp³-hybridized carbons (Fsp3) is 0.200. The molecule has 2 N–H and O–H groups in total. The van der Waals surface area contributed by atoms with Crippen LogP contribution in [0.4, 0.5) is 11.5 Å². The van der Waals surface area contributed by atoms with Gasteiger partial charge in [0, 0.05) is 53.1 Å². The maximum atomic E-state index is 13.0. The minimum absolute atomic E-state index is 0.0890. The number of nitrogens with one attached hydrogen (secondary N) is 2. The number of nitrogens with zero attached hydrogens (tertiary/aromatic N) is 5. The highest BCUT2D eigenvalue weighted by atomic mass is 16.6. The molecule has 3 aromatic heterocycles. The van der Waals surface area contributed by atoms with Gasteiger partial charge in [-0.05, 0) is 12.1 Å². The second kappa shape index (κ2) is 7.07. The van der Waals surface area contributed by atoms with E-state index in [0.29, 0.717) is 22.7 Å². The van der Waals surface area contributed by atoms with Crippen molar-refractivity contribution in [2.75, 3.05) is 5.32 Å². The number of H-pyrrole nitrogens is 1. The molecule has 1 aromatic carbocycles. The highest BCUT2D eigenvalue weighted by Crippen LogP contribution is 2.27. The van der Waals surface area contributed by atoms with Crippen molar-refractivity contribution in [2.45, 2.75) is 26.2 Å². The third-order valence-corrected chi connectivity index (χ3v) is 4.58. The van der Waals surface area contributed by atoms with Crippen molar-refractivity contribution < 1.29 is 9.72 Å². The first-order valence-electron chi connectivity index (χ1n) is 9.19. The summed E-state index contributed by atoms with van der Waals surface area (Å²) in [5.74, 6) is 0.285. The number of aromatic nitrogens is 5. The summed E-state index contributed by atoms with van der Waals surface area (Å²) in [5, 5.41) is 19.0. The first-order valence-corrected chi connectivity index (χ1v) is 9.19. The Labute approximate surface area is 171 Å². The normalized spacial score (nSPS) is 11.6. The summed E-state index contributed by atoms with van der Waals surface area (Å²) >= 11 is 0. The number of hydrogen-bond donors (Lipinski definition) is 2. The number of nitro groups is 1. The molecule has 0 radical (unpaired) electrons. The Hall–Kier alpha value is -4.08. The van der Waals surface area contributed by atoms with E-state index < -0.39 is 10.8 Å². The highest BCUT2D eigenvalue weighted by molar-refractivity contribution is 6.13. The molecule has 10 nitrogen and oxygen atoms in total. The minimum Gasteiger partial charge on any atom is -0.360 e. The van der Waals surface area contributed by atoms with Gasteiger partial charge in [0.2, 0.25) is 0 Å². The average Bonchev–Trinajstić information content (AvgIpc) is 3.32. The van der Waals surface area contributed by atoms with Crippen LogP contribution in [0.2, 0.25) is 0 Å². The predicted molar refractivity (Wildman–Crippen MR) is 111 cm³/mol. The fourth-order valence-corrected chi connectivity index (χ4v) is 2.98. The number of anilines is 1. The maximum absolute atomic E-state index is 13.0. The van der Waals surface area contributed by atoms with E-state index >= 15 is 0 Å². The molecule has 10 heteroatoms. The molecule has 0 fully saturated rings. The Morgan fingerprint density at radius 1 is 1.20 bits per heavy atom. The van der Waals surface area contributed by atoms with Crippen LogP contribution < -0.4 is 5.32 Å². The smallest absolute Gasteiger partial charge is 0.270 e. The van der Waals surface area contributed by atoms with E-state index in [-0.39, 0.29) is 16.7 Å². The van der Waals surface area contributed by atoms with Gasteiger partial charge in [0.15, 0.2) is 0 Å². The zero-order valence-corrected chi connectivity index (χ0v) is 16.6. The first-order chi connectivity index (χ1) is 14.2. The van der Waals surface area contributed by atoms with Gasteiger partial charge in [-0.3, -0.25) is 14.9 Å². The second-order valence-corrected chi connectivity index (χ2v) is 7.77. The number of fused-ring (bicyclic) bond motifs is 1. The lowest BCUT2D eigenvalue weighted by atomic mass is 9.92. The molecule has 0 saturated carbocycles. The summed E-state index contributed by atoms with van der Waals surface area (Å²) in [5.41, 5.74) is 1.31. The van der Waals surface area contributed by atoms with Gasteiger partial charge in [0.05, 0.1) is 16.2 Å². The number of carbonyl (C=O) groups is 1. The molecule has 4 aromatic rings. The van der Waals surface area contributed by atoms with Crippen molar-refractivity contribution in [1.82, 2.24) is 24.7 Å². The van der Waals surface area contributed by atoms with E-state index in [1.54, 1.807) is 30.6 Å². The van der Waals surface area contributed by atoms with Crippen LogP contribution in [0.1, 0.15) is 36.8 Å². The van der Waals surface area contributed by atoms with Gasteiger partial charge in [-0.25, -0.2) is 9.97 Å². The number of non-ortho nitro benzene ring substituents is 1. The van der Waals surface area contributed by atoms with E-state index in [0.717, 1.165) is 5.69 Å². The van der Waals surface area contributed by atoms with Crippen LogP contribution in [0, 0.1) is 10.1 Å². The van der Waals surface area contributed by atoms with Crippen molar-refractivity contribution in [3.8, 4) is 5.95 Å². The number of benzene rings is 1. The zero-order chi connectivity index (χ0) is 21.5. The molecule has 0 atom stereocenters. The SMILES string of the molecule is CC(C)(C)c1cc(NC(=O)c2c[nH]c3ccc([N+](=O)[O-])cc23)n(-c2ncccn2)n1. The van der Waals surface area contributed by atoms with Crippen molar-refractivity contribution in [1.29, 1.82) is 0 Å².